The number of carbonyl (C=O) groups excluding carboxylic acids is 1. The molecule has 0 amide bonds. The molecule has 1 atom stereocenters. The van der Waals surface area contributed by atoms with Crippen LogP contribution in [0, 0.1) is 0 Å². The molecule has 0 saturated heterocycles. The van der Waals surface area contributed by atoms with Gasteiger partial charge in [0.2, 0.25) is 0 Å². The van der Waals surface area contributed by atoms with Gasteiger partial charge < -0.3 is 9.84 Å². The van der Waals surface area contributed by atoms with Crippen LogP contribution in [0.4, 0.5) is 0 Å². The van der Waals surface area contributed by atoms with Crippen molar-refractivity contribution < 1.29 is 19.4 Å². The van der Waals surface area contributed by atoms with E-state index in [4.69, 9.17) is 9.84 Å². The Bertz CT molecular complexity index is 586. The Kier molecular flexibility index (Phi) is 23.0. The Labute approximate surface area is 202 Å². The first-order chi connectivity index (χ1) is 16.1. The minimum atomic E-state index is -0.741. The van der Waals surface area contributed by atoms with E-state index in [0.29, 0.717) is 12.8 Å². The summed E-state index contributed by atoms with van der Waals surface area (Å²) < 4.78 is 5.71. The van der Waals surface area contributed by atoms with Crippen molar-refractivity contribution >= 4 is 11.9 Å². The number of esters is 1. The number of carboxylic acids is 1. The van der Waals surface area contributed by atoms with Gasteiger partial charge in [0, 0.05) is 12.8 Å². The van der Waals surface area contributed by atoms with E-state index in [1.165, 1.54) is 0 Å². The van der Waals surface area contributed by atoms with Gasteiger partial charge >= 0.3 is 11.9 Å². The Morgan fingerprint density at radius 2 is 1.27 bits per heavy atom. The highest BCUT2D eigenvalue weighted by molar-refractivity contribution is 5.69. The van der Waals surface area contributed by atoms with Crippen molar-refractivity contribution in [1.82, 2.24) is 0 Å². The van der Waals surface area contributed by atoms with E-state index in [1.54, 1.807) is 0 Å². The van der Waals surface area contributed by atoms with E-state index in [9.17, 15) is 9.59 Å². The van der Waals surface area contributed by atoms with E-state index in [2.05, 4.69) is 62.5 Å². The van der Waals surface area contributed by atoms with E-state index in [-0.39, 0.29) is 18.5 Å². The maximum atomic E-state index is 12.2. The molecule has 1 unspecified atom stereocenters. The van der Waals surface area contributed by atoms with Crippen molar-refractivity contribution in [3.8, 4) is 0 Å². The molecule has 4 nitrogen and oxygen atoms in total. The molecule has 0 aromatic heterocycles. The molecule has 0 aromatic carbocycles. The quantitative estimate of drug-likeness (QED) is 0.0999. The summed E-state index contributed by atoms with van der Waals surface area (Å²) in [6, 6.07) is 0. The van der Waals surface area contributed by atoms with Crippen LogP contribution in [-0.2, 0) is 14.3 Å². The van der Waals surface area contributed by atoms with Gasteiger partial charge in [-0.3, -0.25) is 9.59 Å². The number of aliphatic carboxylic acids is 1. The number of hydrogen-bond donors (Lipinski definition) is 1. The first kappa shape index (κ1) is 30.9. The third-order valence-electron chi connectivity index (χ3n) is 5.32. The van der Waals surface area contributed by atoms with Gasteiger partial charge in [0.05, 0.1) is 0 Å². The van der Waals surface area contributed by atoms with Crippen LogP contribution in [0.5, 0.6) is 0 Å². The van der Waals surface area contributed by atoms with Crippen LogP contribution in [0.1, 0.15) is 117 Å². The van der Waals surface area contributed by atoms with Crippen molar-refractivity contribution in [1.29, 1.82) is 0 Å². The van der Waals surface area contributed by atoms with Gasteiger partial charge in [-0.15, -0.1) is 0 Å². The van der Waals surface area contributed by atoms with Crippen LogP contribution < -0.4 is 0 Å². The first-order valence-corrected chi connectivity index (χ1v) is 13.1. The molecule has 0 fully saturated rings. The average molecular weight is 461 g/mol. The second kappa shape index (κ2) is 24.5. The Balaban J connectivity index is 3.84. The standard InChI is InChI=1S/C29H48O4/c1-3-5-7-8-9-10-11-12-13-14-15-16-17-18-22-26-29(32)33-27(23-6-4-2)24-20-19-21-25-28(30)31/h5,7,9-10,12-13,15-16,27H,3-4,6,8,11,14,17-26H2,1-2H3,(H,30,31)/b7-5-,10-9-,13-12-,16-15-. The third kappa shape index (κ3) is 24.4. The summed E-state index contributed by atoms with van der Waals surface area (Å²) in [6.07, 6.45) is 31.5. The van der Waals surface area contributed by atoms with E-state index >= 15 is 0 Å². The maximum Gasteiger partial charge on any atom is 0.306 e. The molecule has 0 aliphatic carbocycles. The summed E-state index contributed by atoms with van der Waals surface area (Å²) in [5, 5.41) is 8.71. The lowest BCUT2D eigenvalue weighted by atomic mass is 10.0. The Morgan fingerprint density at radius 1 is 0.697 bits per heavy atom. The molecule has 1 N–H and O–H groups in total. The number of carbonyl (C=O) groups is 2. The van der Waals surface area contributed by atoms with Gasteiger partial charge in [0.15, 0.2) is 0 Å². The zero-order chi connectivity index (χ0) is 24.4. The molecule has 0 aliphatic rings. The minimum Gasteiger partial charge on any atom is -0.481 e. The summed E-state index contributed by atoms with van der Waals surface area (Å²) in [5.41, 5.74) is 0. The predicted octanol–water partition coefficient (Wildman–Crippen LogP) is 8.49. The van der Waals surface area contributed by atoms with Gasteiger partial charge in [-0.25, -0.2) is 0 Å². The molecule has 33 heavy (non-hydrogen) atoms. The van der Waals surface area contributed by atoms with Crippen LogP contribution >= 0.6 is 0 Å². The lowest BCUT2D eigenvalue weighted by Crippen LogP contribution is -2.18. The maximum absolute atomic E-state index is 12.2. The predicted molar refractivity (Wildman–Crippen MR) is 139 cm³/mol. The lowest BCUT2D eigenvalue weighted by Gasteiger charge is -2.17. The fourth-order valence-electron chi connectivity index (χ4n) is 3.39. The molecule has 188 valence electrons. The highest BCUT2D eigenvalue weighted by Gasteiger charge is 2.13. The van der Waals surface area contributed by atoms with Gasteiger partial charge in [-0.1, -0.05) is 81.7 Å². The van der Waals surface area contributed by atoms with E-state index in [1.807, 2.05) is 0 Å². The molecule has 0 rings (SSSR count). The monoisotopic (exact) mass is 460 g/mol. The van der Waals surface area contributed by atoms with Crippen LogP contribution in [0.15, 0.2) is 48.6 Å². The molecular weight excluding hydrogens is 412 g/mol. The summed E-state index contributed by atoms with van der Waals surface area (Å²) in [7, 11) is 0. The first-order valence-electron chi connectivity index (χ1n) is 13.1. The highest BCUT2D eigenvalue weighted by Crippen LogP contribution is 2.16. The van der Waals surface area contributed by atoms with Gasteiger partial charge in [-0.05, 0) is 70.6 Å². The summed E-state index contributed by atoms with van der Waals surface area (Å²) in [6.45, 7) is 4.28. The molecule has 0 heterocycles. The molecule has 0 bridgehead atoms. The van der Waals surface area contributed by atoms with E-state index in [0.717, 1.165) is 83.5 Å². The topological polar surface area (TPSA) is 63.6 Å². The Morgan fingerprint density at radius 3 is 1.88 bits per heavy atom. The number of unbranched alkanes of at least 4 members (excludes halogenated alkanes) is 5. The van der Waals surface area contributed by atoms with Crippen molar-refractivity contribution in [2.45, 2.75) is 123 Å². The number of carboxylic acid groups (broad SMARTS) is 1. The second-order valence-corrected chi connectivity index (χ2v) is 8.49. The molecule has 0 aliphatic heterocycles. The molecule has 4 heteroatoms. The molecular formula is C29H48O4. The lowest BCUT2D eigenvalue weighted by molar-refractivity contribution is -0.150. The smallest absolute Gasteiger partial charge is 0.306 e. The number of rotatable bonds is 22. The number of allylic oxidation sites excluding steroid dienone is 8. The zero-order valence-corrected chi connectivity index (χ0v) is 21.2. The third-order valence-corrected chi connectivity index (χ3v) is 5.32. The highest BCUT2D eigenvalue weighted by atomic mass is 16.5. The van der Waals surface area contributed by atoms with Crippen LogP contribution in [-0.4, -0.2) is 23.1 Å². The SMILES string of the molecule is CC/C=C\C/C=C\C/C=C\C/C=C\CCCCC(=O)OC(CCCC)CCCCCC(=O)O. The summed E-state index contributed by atoms with van der Waals surface area (Å²) in [4.78, 5) is 22.8. The average Bonchev–Trinajstić information content (AvgIpc) is 2.79. The van der Waals surface area contributed by atoms with E-state index < -0.39 is 5.97 Å². The van der Waals surface area contributed by atoms with Crippen molar-refractivity contribution in [2.24, 2.45) is 0 Å². The van der Waals surface area contributed by atoms with Crippen LogP contribution in [0.2, 0.25) is 0 Å². The fourth-order valence-corrected chi connectivity index (χ4v) is 3.39. The van der Waals surface area contributed by atoms with Gasteiger partial charge in [-0.2, -0.15) is 0 Å². The molecule has 0 spiro atoms. The molecule has 0 radical (unpaired) electrons. The Hall–Kier alpha value is -2.10. The molecule has 0 saturated carbocycles. The van der Waals surface area contributed by atoms with Gasteiger partial charge in [0.25, 0.3) is 0 Å². The van der Waals surface area contributed by atoms with Crippen molar-refractivity contribution in [3.05, 3.63) is 48.6 Å². The normalized spacial score (nSPS) is 13.0. The zero-order valence-electron chi connectivity index (χ0n) is 21.2. The van der Waals surface area contributed by atoms with Crippen LogP contribution in [0.3, 0.4) is 0 Å². The van der Waals surface area contributed by atoms with Crippen molar-refractivity contribution in [3.63, 3.8) is 0 Å². The molecule has 0 aromatic rings. The summed E-state index contributed by atoms with van der Waals surface area (Å²) >= 11 is 0. The van der Waals surface area contributed by atoms with Crippen LogP contribution in [0.25, 0.3) is 0 Å². The number of hydrogen-bond acceptors (Lipinski definition) is 3. The summed E-state index contributed by atoms with van der Waals surface area (Å²) in [5.74, 6) is -0.832. The minimum absolute atomic E-state index is 0.0170. The number of ether oxygens (including phenoxy) is 1. The second-order valence-electron chi connectivity index (χ2n) is 8.49. The van der Waals surface area contributed by atoms with Gasteiger partial charge in [0.1, 0.15) is 6.10 Å². The van der Waals surface area contributed by atoms with Crippen molar-refractivity contribution in [2.75, 3.05) is 0 Å². The fraction of sp³-hybridized carbons (Fsp3) is 0.655. The largest absolute Gasteiger partial charge is 0.481 e.